The third-order valence-electron chi connectivity index (χ3n) is 3.36. The van der Waals surface area contributed by atoms with E-state index in [1.165, 1.54) is 25.8 Å². The van der Waals surface area contributed by atoms with Crippen LogP contribution in [0.1, 0.15) is 19.8 Å². The lowest BCUT2D eigenvalue weighted by Gasteiger charge is -2.17. The molecule has 7 nitrogen and oxygen atoms in total. The Morgan fingerprint density at radius 1 is 1.48 bits per heavy atom. The highest BCUT2D eigenvalue weighted by Gasteiger charge is 2.39. The molecule has 0 aromatic rings. The van der Waals surface area contributed by atoms with Gasteiger partial charge in [-0.15, -0.1) is 0 Å². The zero-order chi connectivity index (χ0) is 16.0. The first-order chi connectivity index (χ1) is 9.86. The number of ether oxygens (including phenoxy) is 1. The number of carboxylic acids is 1. The van der Waals surface area contributed by atoms with Crippen LogP contribution in [0.2, 0.25) is 0 Å². The van der Waals surface area contributed by atoms with Crippen LogP contribution in [0.25, 0.3) is 0 Å². The van der Waals surface area contributed by atoms with Crippen molar-refractivity contribution >= 4 is 35.4 Å². The minimum absolute atomic E-state index is 0.00398. The van der Waals surface area contributed by atoms with Gasteiger partial charge in [0.25, 0.3) is 0 Å². The number of rotatable bonds is 7. The number of carbonyl (C=O) groups is 4. The highest BCUT2D eigenvalue weighted by Crippen LogP contribution is 2.32. The molecule has 118 valence electrons. The Kier molecular flexibility index (Phi) is 6.67. The molecule has 0 aliphatic heterocycles. The Labute approximate surface area is 126 Å². The number of hydrogen-bond donors (Lipinski definition) is 2. The summed E-state index contributed by atoms with van der Waals surface area (Å²) in [6, 6.07) is -0.999. The van der Waals surface area contributed by atoms with E-state index in [1.807, 2.05) is 0 Å². The van der Waals surface area contributed by atoms with Gasteiger partial charge in [0.05, 0.1) is 13.0 Å². The molecule has 0 spiro atoms. The first-order valence-corrected chi connectivity index (χ1v) is 7.70. The number of esters is 1. The van der Waals surface area contributed by atoms with Crippen LogP contribution in [0.15, 0.2) is 0 Å². The van der Waals surface area contributed by atoms with Crippen molar-refractivity contribution in [3.8, 4) is 0 Å². The van der Waals surface area contributed by atoms with E-state index in [1.54, 1.807) is 0 Å². The van der Waals surface area contributed by atoms with Gasteiger partial charge in [-0.2, -0.15) is 11.8 Å². The van der Waals surface area contributed by atoms with Gasteiger partial charge in [-0.25, -0.2) is 4.79 Å². The van der Waals surface area contributed by atoms with E-state index in [9.17, 15) is 19.2 Å². The number of thioether (sulfide) groups is 1. The molecular weight excluding hydrogens is 298 g/mol. The van der Waals surface area contributed by atoms with Gasteiger partial charge in [-0.3, -0.25) is 14.4 Å². The van der Waals surface area contributed by atoms with Crippen molar-refractivity contribution in [3.05, 3.63) is 0 Å². The molecule has 1 saturated carbocycles. The number of amides is 1. The molecule has 1 amide bonds. The third-order valence-corrected chi connectivity index (χ3v) is 4.53. The summed E-state index contributed by atoms with van der Waals surface area (Å²) < 4.78 is 4.68. The average Bonchev–Trinajstić information content (AvgIpc) is 2.77. The van der Waals surface area contributed by atoms with Crippen LogP contribution >= 0.6 is 11.8 Å². The topological polar surface area (TPSA) is 110 Å². The molecule has 1 rings (SSSR count). The molecule has 3 unspecified atom stereocenters. The summed E-state index contributed by atoms with van der Waals surface area (Å²) in [4.78, 5) is 45.3. The SMILES string of the molecule is COC(=O)C1CCC(=O)C1CSCC(NC(C)=O)C(=O)O. The van der Waals surface area contributed by atoms with Gasteiger partial charge < -0.3 is 15.2 Å². The highest BCUT2D eigenvalue weighted by molar-refractivity contribution is 7.99. The number of carbonyl (C=O) groups excluding carboxylic acids is 3. The minimum Gasteiger partial charge on any atom is -0.480 e. The number of methoxy groups -OCH3 is 1. The van der Waals surface area contributed by atoms with Gasteiger partial charge in [-0.1, -0.05) is 0 Å². The second-order valence-corrected chi connectivity index (χ2v) is 5.94. The Hall–Kier alpha value is -1.57. The molecule has 0 bridgehead atoms. The Balaban J connectivity index is 2.52. The molecule has 1 aliphatic rings. The van der Waals surface area contributed by atoms with E-state index in [0.29, 0.717) is 18.6 Å². The van der Waals surface area contributed by atoms with Gasteiger partial charge >= 0.3 is 11.9 Å². The van der Waals surface area contributed by atoms with E-state index in [2.05, 4.69) is 10.1 Å². The Morgan fingerprint density at radius 2 is 2.14 bits per heavy atom. The molecule has 3 atom stereocenters. The number of Topliss-reactive ketones (excluding diaryl/α,β-unsaturated/α-hetero) is 1. The molecule has 0 saturated heterocycles. The fourth-order valence-electron chi connectivity index (χ4n) is 2.28. The lowest BCUT2D eigenvalue weighted by molar-refractivity contribution is -0.147. The molecule has 1 aliphatic carbocycles. The van der Waals surface area contributed by atoms with E-state index < -0.39 is 35.7 Å². The second kappa shape index (κ2) is 8.02. The normalized spacial score (nSPS) is 22.7. The summed E-state index contributed by atoms with van der Waals surface area (Å²) in [5.74, 6) is -2.33. The molecule has 0 aromatic heterocycles. The largest absolute Gasteiger partial charge is 0.480 e. The fraction of sp³-hybridized carbons (Fsp3) is 0.692. The van der Waals surface area contributed by atoms with Crippen molar-refractivity contribution in [3.63, 3.8) is 0 Å². The first-order valence-electron chi connectivity index (χ1n) is 6.55. The molecule has 0 radical (unpaired) electrons. The Morgan fingerprint density at radius 3 is 2.67 bits per heavy atom. The first kappa shape index (κ1) is 17.5. The molecule has 1 fully saturated rings. The summed E-state index contributed by atoms with van der Waals surface area (Å²) in [6.45, 7) is 1.24. The highest BCUT2D eigenvalue weighted by atomic mass is 32.2. The molecule has 0 heterocycles. The predicted octanol–water partition coefficient (Wildman–Crippen LogP) is 0.0772. The van der Waals surface area contributed by atoms with Gasteiger partial charge in [0, 0.05) is 30.8 Å². The maximum Gasteiger partial charge on any atom is 0.327 e. The lowest BCUT2D eigenvalue weighted by Crippen LogP contribution is -2.41. The second-order valence-electron chi connectivity index (χ2n) is 4.87. The van der Waals surface area contributed by atoms with E-state index >= 15 is 0 Å². The molecule has 2 N–H and O–H groups in total. The summed E-state index contributed by atoms with van der Waals surface area (Å²) in [6.07, 6.45) is 0.823. The van der Waals surface area contributed by atoms with Crippen molar-refractivity contribution in [2.24, 2.45) is 11.8 Å². The number of hydrogen-bond acceptors (Lipinski definition) is 6. The van der Waals surface area contributed by atoms with Crippen LogP contribution < -0.4 is 5.32 Å². The summed E-state index contributed by atoms with van der Waals surface area (Å²) >= 11 is 1.24. The van der Waals surface area contributed by atoms with Gasteiger partial charge in [0.15, 0.2) is 0 Å². The van der Waals surface area contributed by atoms with Crippen LogP contribution in [0, 0.1) is 11.8 Å². The average molecular weight is 317 g/mol. The van der Waals surface area contributed by atoms with Crippen LogP contribution in [0.3, 0.4) is 0 Å². The summed E-state index contributed by atoms with van der Waals surface area (Å²) in [7, 11) is 1.28. The number of aliphatic carboxylic acids is 1. The van der Waals surface area contributed by atoms with Crippen molar-refractivity contribution in [2.75, 3.05) is 18.6 Å². The van der Waals surface area contributed by atoms with Crippen molar-refractivity contribution < 1.29 is 29.0 Å². The van der Waals surface area contributed by atoms with Crippen molar-refractivity contribution in [2.45, 2.75) is 25.8 Å². The zero-order valence-electron chi connectivity index (χ0n) is 12.0. The van der Waals surface area contributed by atoms with Gasteiger partial charge in [0.2, 0.25) is 5.91 Å². The van der Waals surface area contributed by atoms with Crippen LogP contribution in [0.4, 0.5) is 0 Å². The van der Waals surface area contributed by atoms with E-state index in [4.69, 9.17) is 5.11 Å². The Bertz CT molecular complexity index is 438. The third kappa shape index (κ3) is 5.04. The van der Waals surface area contributed by atoms with Gasteiger partial charge in [0.1, 0.15) is 11.8 Å². The smallest absolute Gasteiger partial charge is 0.327 e. The van der Waals surface area contributed by atoms with Crippen molar-refractivity contribution in [1.29, 1.82) is 0 Å². The lowest BCUT2D eigenvalue weighted by atomic mass is 9.98. The van der Waals surface area contributed by atoms with Crippen LogP contribution in [-0.2, 0) is 23.9 Å². The van der Waals surface area contributed by atoms with Gasteiger partial charge in [-0.05, 0) is 6.42 Å². The minimum atomic E-state index is -1.13. The van der Waals surface area contributed by atoms with E-state index in [-0.39, 0.29) is 11.5 Å². The van der Waals surface area contributed by atoms with Crippen molar-refractivity contribution in [1.82, 2.24) is 5.32 Å². The quantitative estimate of drug-likeness (QED) is 0.640. The summed E-state index contributed by atoms with van der Waals surface area (Å²) in [5.41, 5.74) is 0. The van der Waals surface area contributed by atoms with Crippen LogP contribution in [-0.4, -0.2) is 53.4 Å². The summed E-state index contributed by atoms with van der Waals surface area (Å²) in [5, 5.41) is 11.3. The number of nitrogens with one attached hydrogen (secondary N) is 1. The standard InChI is InChI=1S/C13H19NO6S/c1-7(15)14-10(12(17)18)6-21-5-9-8(13(19)20-2)3-4-11(9)16/h8-10H,3-6H2,1-2H3,(H,14,15)(H,17,18). The monoisotopic (exact) mass is 317 g/mol. The molecule has 0 aromatic carbocycles. The fourth-order valence-corrected chi connectivity index (χ4v) is 3.55. The van der Waals surface area contributed by atoms with Crippen LogP contribution in [0.5, 0.6) is 0 Å². The molecule has 8 heteroatoms. The maximum atomic E-state index is 11.8. The zero-order valence-corrected chi connectivity index (χ0v) is 12.8. The predicted molar refractivity (Wildman–Crippen MR) is 75.8 cm³/mol. The number of carboxylic acid groups (broad SMARTS) is 1. The maximum absolute atomic E-state index is 11.8. The molecule has 21 heavy (non-hydrogen) atoms. The van der Waals surface area contributed by atoms with E-state index in [0.717, 1.165) is 0 Å². The number of ketones is 1. The molecular formula is C13H19NO6S.